The van der Waals surface area contributed by atoms with Crippen LogP contribution in [-0.4, -0.2) is 40.8 Å². The number of Topliss-reactive ketones (excluding diaryl/α,β-unsaturated/α-hetero) is 1. The molecule has 1 aliphatic carbocycles. The highest BCUT2D eigenvalue weighted by Crippen LogP contribution is 2.26. The molecule has 0 saturated heterocycles. The molecule has 1 fully saturated rings. The predicted molar refractivity (Wildman–Crippen MR) is 99.1 cm³/mol. The first-order valence-corrected chi connectivity index (χ1v) is 9.38. The van der Waals surface area contributed by atoms with Gasteiger partial charge in [-0.15, -0.1) is 0 Å². The van der Waals surface area contributed by atoms with Gasteiger partial charge >= 0.3 is 5.97 Å². The van der Waals surface area contributed by atoms with Crippen LogP contribution in [0.1, 0.15) is 72.6 Å². The maximum absolute atomic E-state index is 12.1. The molecule has 25 heavy (non-hydrogen) atoms. The van der Waals surface area contributed by atoms with E-state index in [9.17, 15) is 14.7 Å². The summed E-state index contributed by atoms with van der Waals surface area (Å²) in [6, 6.07) is 0. The number of allylic oxidation sites excluding steroid dienone is 1. The summed E-state index contributed by atoms with van der Waals surface area (Å²) >= 11 is 0. The van der Waals surface area contributed by atoms with Gasteiger partial charge in [-0.05, 0) is 44.6 Å². The number of rotatable bonds is 8. The Bertz CT molecular complexity index is 400. The van der Waals surface area contributed by atoms with Crippen LogP contribution in [0, 0.1) is 11.8 Å². The van der Waals surface area contributed by atoms with Crippen molar-refractivity contribution in [2.45, 2.75) is 84.8 Å². The zero-order valence-electron chi connectivity index (χ0n) is 16.3. The topological polar surface area (TPSA) is 83.8 Å². The molecule has 3 unspecified atom stereocenters. The Morgan fingerprint density at radius 1 is 1.20 bits per heavy atom. The fourth-order valence-electron chi connectivity index (χ4n) is 2.55. The van der Waals surface area contributed by atoms with Crippen LogP contribution in [0.3, 0.4) is 0 Å². The number of hydrogen-bond donors (Lipinski definition) is 2. The third kappa shape index (κ3) is 10.4. The molecule has 0 aromatic carbocycles. The molecular weight excluding hydrogens is 320 g/mol. The molecule has 5 heteroatoms. The normalized spacial score (nSPS) is 18.3. The molecule has 1 rings (SSSR count). The molecule has 146 valence electrons. The summed E-state index contributed by atoms with van der Waals surface area (Å²) in [5.74, 6) is 0.222. The molecule has 0 amide bonds. The van der Waals surface area contributed by atoms with Crippen molar-refractivity contribution in [2.75, 3.05) is 6.61 Å². The van der Waals surface area contributed by atoms with Crippen molar-refractivity contribution in [3.63, 3.8) is 0 Å². The van der Waals surface area contributed by atoms with Gasteiger partial charge in [0.1, 0.15) is 12.2 Å². The number of carbonyl (C=O) groups is 2. The minimum Gasteiger partial charge on any atom is -0.459 e. The third-order valence-electron chi connectivity index (χ3n) is 4.75. The van der Waals surface area contributed by atoms with Crippen LogP contribution in [0.15, 0.2) is 12.2 Å². The molecule has 3 atom stereocenters. The second-order valence-corrected chi connectivity index (χ2v) is 7.15. The highest BCUT2D eigenvalue weighted by atomic mass is 16.6. The van der Waals surface area contributed by atoms with Gasteiger partial charge in [-0.3, -0.25) is 9.59 Å². The summed E-state index contributed by atoms with van der Waals surface area (Å²) in [7, 11) is 0. The third-order valence-corrected chi connectivity index (χ3v) is 4.75. The van der Waals surface area contributed by atoms with Gasteiger partial charge in [-0.2, -0.15) is 0 Å². The van der Waals surface area contributed by atoms with E-state index in [1.807, 2.05) is 0 Å². The molecule has 0 spiro atoms. The van der Waals surface area contributed by atoms with Gasteiger partial charge in [-0.1, -0.05) is 46.1 Å². The molecular formula is C20H36O5. The number of ether oxygens (including phenoxy) is 1. The molecule has 0 aromatic heterocycles. The predicted octanol–water partition coefficient (Wildman–Crippen LogP) is 3.42. The van der Waals surface area contributed by atoms with Gasteiger partial charge < -0.3 is 14.9 Å². The fourth-order valence-corrected chi connectivity index (χ4v) is 2.55. The Kier molecular flexibility index (Phi) is 12.4. The van der Waals surface area contributed by atoms with Gasteiger partial charge in [0.25, 0.3) is 0 Å². The number of carbonyl (C=O) groups excluding carboxylic acids is 2. The van der Waals surface area contributed by atoms with E-state index in [-0.39, 0.29) is 24.3 Å². The summed E-state index contributed by atoms with van der Waals surface area (Å²) in [6.07, 6.45) is 5.17. The van der Waals surface area contributed by atoms with Crippen LogP contribution in [-0.2, 0) is 14.3 Å². The Hall–Kier alpha value is -1.20. The van der Waals surface area contributed by atoms with Crippen molar-refractivity contribution < 1.29 is 24.5 Å². The lowest BCUT2D eigenvalue weighted by molar-refractivity contribution is -0.164. The lowest BCUT2D eigenvalue weighted by atomic mass is 9.89. The van der Waals surface area contributed by atoms with E-state index in [0.29, 0.717) is 17.9 Å². The second kappa shape index (κ2) is 13.1. The van der Waals surface area contributed by atoms with E-state index in [1.165, 1.54) is 13.3 Å². The number of hydrogen-bond acceptors (Lipinski definition) is 5. The maximum Gasteiger partial charge on any atom is 0.309 e. The van der Waals surface area contributed by atoms with E-state index in [0.717, 1.165) is 32.1 Å². The summed E-state index contributed by atoms with van der Waals surface area (Å²) in [5, 5.41) is 18.9. The maximum atomic E-state index is 12.1. The minimum atomic E-state index is -0.971. The lowest BCUT2D eigenvalue weighted by Gasteiger charge is -2.27. The number of ketones is 1. The van der Waals surface area contributed by atoms with Crippen molar-refractivity contribution in [1.82, 2.24) is 0 Å². The van der Waals surface area contributed by atoms with E-state index in [4.69, 9.17) is 9.84 Å². The summed E-state index contributed by atoms with van der Waals surface area (Å²) in [6.45, 7) is 10.4. The van der Waals surface area contributed by atoms with Crippen LogP contribution in [0.2, 0.25) is 0 Å². The van der Waals surface area contributed by atoms with Gasteiger partial charge in [0.2, 0.25) is 0 Å². The molecule has 0 aliphatic heterocycles. The van der Waals surface area contributed by atoms with Crippen molar-refractivity contribution in [1.29, 1.82) is 0 Å². The monoisotopic (exact) mass is 356 g/mol. The largest absolute Gasteiger partial charge is 0.459 e. The minimum absolute atomic E-state index is 0.0147. The Morgan fingerprint density at radius 2 is 1.72 bits per heavy atom. The van der Waals surface area contributed by atoms with Crippen LogP contribution in [0.4, 0.5) is 0 Å². The van der Waals surface area contributed by atoms with Crippen LogP contribution in [0.25, 0.3) is 0 Å². The van der Waals surface area contributed by atoms with Crippen molar-refractivity contribution in [3.05, 3.63) is 12.2 Å². The van der Waals surface area contributed by atoms with Crippen LogP contribution in [0.5, 0.6) is 0 Å². The molecule has 2 N–H and O–H groups in total. The molecule has 0 radical (unpaired) electrons. The first kappa shape index (κ1) is 23.8. The average Bonchev–Trinajstić information content (AvgIpc) is 2.61. The Balaban J connectivity index is 0.000000823. The van der Waals surface area contributed by atoms with Gasteiger partial charge in [-0.25, -0.2) is 0 Å². The molecule has 0 aromatic rings. The highest BCUT2D eigenvalue weighted by Gasteiger charge is 2.29. The van der Waals surface area contributed by atoms with Crippen LogP contribution >= 0.6 is 0 Å². The molecule has 5 nitrogen and oxygen atoms in total. The van der Waals surface area contributed by atoms with Gasteiger partial charge in [0, 0.05) is 0 Å². The molecule has 0 bridgehead atoms. The lowest BCUT2D eigenvalue weighted by Crippen LogP contribution is -2.37. The van der Waals surface area contributed by atoms with E-state index < -0.39 is 12.2 Å². The molecule has 1 aliphatic rings. The van der Waals surface area contributed by atoms with Crippen LogP contribution < -0.4 is 0 Å². The average molecular weight is 357 g/mol. The van der Waals surface area contributed by atoms with Gasteiger partial charge in [0.15, 0.2) is 5.78 Å². The molecule has 1 saturated carbocycles. The Labute approximate surface area is 152 Å². The molecule has 0 heterocycles. The number of esters is 1. The highest BCUT2D eigenvalue weighted by molar-refractivity contribution is 5.91. The fraction of sp³-hybridized carbons (Fsp3) is 0.800. The van der Waals surface area contributed by atoms with Crippen molar-refractivity contribution >= 4 is 11.8 Å². The summed E-state index contributed by atoms with van der Waals surface area (Å²) < 4.78 is 5.47. The van der Waals surface area contributed by atoms with Gasteiger partial charge in [0.05, 0.1) is 12.5 Å². The quantitative estimate of drug-likeness (QED) is 0.514. The van der Waals surface area contributed by atoms with E-state index in [2.05, 4.69) is 20.4 Å². The Morgan fingerprint density at radius 3 is 2.12 bits per heavy atom. The zero-order valence-corrected chi connectivity index (χ0v) is 16.3. The van der Waals surface area contributed by atoms with E-state index in [1.54, 1.807) is 6.92 Å². The van der Waals surface area contributed by atoms with E-state index >= 15 is 0 Å². The summed E-state index contributed by atoms with van der Waals surface area (Å²) in [5.41, 5.74) is 0.620. The number of aliphatic hydroxyl groups is 2. The van der Waals surface area contributed by atoms with Crippen molar-refractivity contribution in [3.8, 4) is 0 Å². The smallest absolute Gasteiger partial charge is 0.309 e. The second-order valence-electron chi connectivity index (χ2n) is 7.15. The zero-order chi connectivity index (χ0) is 19.4. The summed E-state index contributed by atoms with van der Waals surface area (Å²) in [4.78, 5) is 22.1. The first-order chi connectivity index (χ1) is 11.7. The number of aliphatic hydroxyl groups excluding tert-OH is 2. The standard InChI is InChI=1S/C15H28O4.C5H8O/c1-3-11(2)9-14(13(17)10-16)19-15(18)12-7-5-4-6-8-12;1-4(2)5(3)6/h11-14,16-17H,3-10H2,1-2H3;1H2,2-3H3. The first-order valence-electron chi connectivity index (χ1n) is 9.38. The van der Waals surface area contributed by atoms with Crippen molar-refractivity contribution in [2.24, 2.45) is 11.8 Å². The SMILES string of the molecule is C=C(C)C(C)=O.CCC(C)CC(OC(=O)C1CCCCC1)C(O)CO.